The third-order valence-corrected chi connectivity index (χ3v) is 10.7. The van der Waals surface area contributed by atoms with E-state index in [-0.39, 0.29) is 13.0 Å². The molecule has 11 heteroatoms. The van der Waals surface area contributed by atoms with E-state index in [4.69, 9.17) is 27.9 Å². The van der Waals surface area contributed by atoms with Gasteiger partial charge in [0.25, 0.3) is 5.91 Å². The lowest BCUT2D eigenvalue weighted by Gasteiger charge is -2.52. The highest BCUT2D eigenvalue weighted by atomic mass is 35.5. The molecule has 1 aliphatic heterocycles. The van der Waals surface area contributed by atoms with Gasteiger partial charge in [-0.15, -0.1) is 0 Å². The molecule has 0 bridgehead atoms. The molecule has 212 valence electrons. The molecule has 2 fully saturated rings. The van der Waals surface area contributed by atoms with Crippen LogP contribution < -0.4 is 0 Å². The van der Waals surface area contributed by atoms with Crippen LogP contribution >= 0.6 is 23.2 Å². The number of sulfonamides is 1. The Kier molecular flexibility index (Phi) is 8.98. The molecule has 0 unspecified atom stereocenters. The fourth-order valence-corrected chi connectivity index (χ4v) is 7.61. The van der Waals surface area contributed by atoms with Crippen LogP contribution in [0.2, 0.25) is 10.0 Å². The van der Waals surface area contributed by atoms with Gasteiger partial charge in [0.15, 0.2) is 5.60 Å². The van der Waals surface area contributed by atoms with Gasteiger partial charge in [0.2, 0.25) is 10.0 Å². The Morgan fingerprint density at radius 3 is 2.36 bits per heavy atom. The number of likely N-dealkylation sites (N-methyl/N-ethyl adjacent to an activating group) is 1. The number of carboxylic acid groups (broad SMARTS) is 1. The summed E-state index contributed by atoms with van der Waals surface area (Å²) in [4.78, 5) is 28.1. The maximum absolute atomic E-state index is 14.4. The van der Waals surface area contributed by atoms with Crippen LogP contribution in [0.5, 0.6) is 0 Å². The number of aliphatic carboxylic acids is 1. The van der Waals surface area contributed by atoms with Gasteiger partial charge in [0.1, 0.15) is 0 Å². The lowest BCUT2D eigenvalue weighted by Crippen LogP contribution is -2.62. The Bertz CT molecular complexity index is 1320. The molecule has 1 N–H and O–H groups in total. The molecule has 1 saturated heterocycles. The predicted molar refractivity (Wildman–Crippen MR) is 150 cm³/mol. The molecule has 0 radical (unpaired) electrons. The maximum Gasteiger partial charge on any atom is 0.306 e. The van der Waals surface area contributed by atoms with Crippen molar-refractivity contribution in [2.75, 3.05) is 20.7 Å². The first kappa shape index (κ1) is 29.8. The SMILES string of the molecule is CC[C@@H](CN(C)S(=O)(=O)C1CC1)N1C(=O)[C@](CC(=O)O)(OC)C[C@H](c2cccc(Cl)c2)[C@H]1c1ccc(Cl)cc1. The van der Waals surface area contributed by atoms with Crippen LogP contribution in [0.4, 0.5) is 0 Å². The number of hydrogen-bond acceptors (Lipinski definition) is 5. The number of ether oxygens (including phenoxy) is 1. The van der Waals surface area contributed by atoms with Crippen molar-refractivity contribution in [3.63, 3.8) is 0 Å². The number of amides is 1. The third kappa shape index (κ3) is 6.12. The summed E-state index contributed by atoms with van der Waals surface area (Å²) in [5.74, 6) is -2.04. The lowest BCUT2D eigenvalue weighted by molar-refractivity contribution is -0.178. The van der Waals surface area contributed by atoms with E-state index in [2.05, 4.69) is 0 Å². The van der Waals surface area contributed by atoms with E-state index >= 15 is 0 Å². The number of carbonyl (C=O) groups excluding carboxylic acids is 1. The van der Waals surface area contributed by atoms with Gasteiger partial charge in [-0.05, 0) is 61.1 Å². The Morgan fingerprint density at radius 2 is 1.82 bits per heavy atom. The third-order valence-electron chi connectivity index (χ3n) is 7.88. The van der Waals surface area contributed by atoms with Crippen LogP contribution in [0.3, 0.4) is 0 Å². The average Bonchev–Trinajstić information content (AvgIpc) is 3.75. The predicted octanol–water partition coefficient (Wildman–Crippen LogP) is 5.11. The molecule has 0 aromatic heterocycles. The summed E-state index contributed by atoms with van der Waals surface area (Å²) in [6, 6.07) is 13.4. The highest BCUT2D eigenvalue weighted by Gasteiger charge is 2.55. The van der Waals surface area contributed by atoms with E-state index < -0.39 is 57.2 Å². The van der Waals surface area contributed by atoms with E-state index in [1.807, 2.05) is 37.3 Å². The minimum atomic E-state index is -3.50. The van der Waals surface area contributed by atoms with E-state index in [0.717, 1.165) is 11.1 Å². The van der Waals surface area contributed by atoms with Gasteiger partial charge in [-0.2, -0.15) is 0 Å². The molecule has 0 spiro atoms. The number of likely N-dealkylation sites (tertiary alicyclic amines) is 1. The van der Waals surface area contributed by atoms with Gasteiger partial charge < -0.3 is 14.7 Å². The molecule has 1 amide bonds. The molecule has 1 aliphatic carbocycles. The van der Waals surface area contributed by atoms with E-state index in [1.165, 1.54) is 18.5 Å². The van der Waals surface area contributed by atoms with Crippen LogP contribution in [0.25, 0.3) is 0 Å². The van der Waals surface area contributed by atoms with Gasteiger partial charge in [0, 0.05) is 42.7 Å². The van der Waals surface area contributed by atoms with Crippen LogP contribution in [0.1, 0.15) is 62.1 Å². The van der Waals surface area contributed by atoms with Crippen LogP contribution in [0.15, 0.2) is 48.5 Å². The number of carbonyl (C=O) groups is 2. The summed E-state index contributed by atoms with van der Waals surface area (Å²) >= 11 is 12.6. The topological polar surface area (TPSA) is 104 Å². The zero-order valence-electron chi connectivity index (χ0n) is 22.2. The average molecular weight is 598 g/mol. The van der Waals surface area contributed by atoms with Gasteiger partial charge in [-0.3, -0.25) is 9.59 Å². The first-order chi connectivity index (χ1) is 18.4. The van der Waals surface area contributed by atoms with Crippen molar-refractivity contribution >= 4 is 45.1 Å². The smallest absolute Gasteiger partial charge is 0.306 e. The summed E-state index contributed by atoms with van der Waals surface area (Å²) in [7, 11) is -0.617. The molecule has 8 nitrogen and oxygen atoms in total. The van der Waals surface area contributed by atoms with E-state index in [9.17, 15) is 23.1 Å². The lowest BCUT2D eigenvalue weighted by atomic mass is 9.72. The Morgan fingerprint density at radius 1 is 1.15 bits per heavy atom. The maximum atomic E-state index is 14.4. The number of hydrogen-bond donors (Lipinski definition) is 1. The Balaban J connectivity index is 1.89. The number of nitrogens with zero attached hydrogens (tertiary/aromatic N) is 2. The zero-order valence-corrected chi connectivity index (χ0v) is 24.5. The summed E-state index contributed by atoms with van der Waals surface area (Å²) in [5, 5.41) is 10.5. The summed E-state index contributed by atoms with van der Waals surface area (Å²) in [5.41, 5.74) is -0.0344. The van der Waals surface area contributed by atoms with Gasteiger partial charge in [-0.1, -0.05) is 54.4 Å². The molecule has 2 aliphatic rings. The number of piperidine rings is 1. The Labute approximate surface area is 239 Å². The molecule has 4 atom stereocenters. The number of rotatable bonds is 11. The van der Waals surface area contributed by atoms with Crippen molar-refractivity contribution in [1.82, 2.24) is 9.21 Å². The first-order valence-electron chi connectivity index (χ1n) is 13.0. The summed E-state index contributed by atoms with van der Waals surface area (Å²) in [6.07, 6.45) is 1.26. The largest absolute Gasteiger partial charge is 0.481 e. The van der Waals surface area contributed by atoms with E-state index in [1.54, 1.807) is 23.1 Å². The van der Waals surface area contributed by atoms with Gasteiger partial charge >= 0.3 is 5.97 Å². The number of halogens is 2. The normalized spacial score (nSPS) is 24.7. The fourth-order valence-electron chi connectivity index (χ4n) is 5.66. The highest BCUT2D eigenvalue weighted by molar-refractivity contribution is 7.90. The van der Waals surface area contributed by atoms with Crippen molar-refractivity contribution in [3.05, 3.63) is 69.7 Å². The fraction of sp³-hybridized carbons (Fsp3) is 0.500. The highest BCUT2D eigenvalue weighted by Crippen LogP contribution is 2.50. The van der Waals surface area contributed by atoms with E-state index in [0.29, 0.717) is 29.3 Å². The van der Waals surface area contributed by atoms with Gasteiger partial charge in [-0.25, -0.2) is 12.7 Å². The number of benzene rings is 2. The van der Waals surface area contributed by atoms with Crippen LogP contribution in [-0.2, 0) is 24.3 Å². The first-order valence-corrected chi connectivity index (χ1v) is 15.2. The molecular weight excluding hydrogens is 563 g/mol. The monoisotopic (exact) mass is 596 g/mol. The summed E-state index contributed by atoms with van der Waals surface area (Å²) in [6.45, 7) is 1.96. The number of carboxylic acids is 1. The van der Waals surface area contributed by atoms with Crippen molar-refractivity contribution in [1.29, 1.82) is 0 Å². The number of methoxy groups -OCH3 is 1. The zero-order chi connectivity index (χ0) is 28.5. The second-order valence-electron chi connectivity index (χ2n) is 10.4. The van der Waals surface area contributed by atoms with Crippen molar-refractivity contribution < 1.29 is 27.9 Å². The van der Waals surface area contributed by atoms with Crippen molar-refractivity contribution in [2.45, 2.75) is 67.9 Å². The second-order valence-corrected chi connectivity index (χ2v) is 13.6. The molecule has 4 rings (SSSR count). The van der Waals surface area contributed by atoms with Crippen LogP contribution in [-0.4, -0.2) is 72.2 Å². The van der Waals surface area contributed by atoms with Crippen molar-refractivity contribution in [2.24, 2.45) is 0 Å². The van der Waals surface area contributed by atoms with Crippen LogP contribution in [0, 0.1) is 0 Å². The quantitative estimate of drug-likeness (QED) is 0.386. The summed E-state index contributed by atoms with van der Waals surface area (Å²) < 4.78 is 33.2. The van der Waals surface area contributed by atoms with Gasteiger partial charge in [0.05, 0.1) is 17.7 Å². The Hall–Kier alpha value is -2.17. The standard InChI is InChI=1S/C28H34Cl2N2O6S/c1-4-22(17-31(2)39(36,37)23-12-13-23)32-26(18-8-10-20(29)11-9-18)24(19-6-5-7-21(30)14-19)15-28(38-3,27(32)35)16-25(33)34/h5-11,14,22-24,26H,4,12-13,15-17H2,1-3H3,(H,33,34)/t22-,24+,26+,28-/m0/s1. The molecule has 2 aromatic carbocycles. The second kappa shape index (κ2) is 11.7. The molecule has 39 heavy (non-hydrogen) atoms. The molecule has 2 aromatic rings. The molecule has 1 heterocycles. The van der Waals surface area contributed by atoms with Crippen molar-refractivity contribution in [3.8, 4) is 0 Å². The molecular formula is C28H34Cl2N2O6S. The molecule has 1 saturated carbocycles. The minimum Gasteiger partial charge on any atom is -0.481 e. The minimum absolute atomic E-state index is 0.0697.